The van der Waals surface area contributed by atoms with Gasteiger partial charge in [-0.15, -0.1) is 0 Å². The Morgan fingerprint density at radius 2 is 2.24 bits per heavy atom. The predicted octanol–water partition coefficient (Wildman–Crippen LogP) is 2.26. The van der Waals surface area contributed by atoms with Crippen molar-refractivity contribution in [1.29, 1.82) is 0 Å². The summed E-state index contributed by atoms with van der Waals surface area (Å²) < 4.78 is 0. The first-order chi connectivity index (χ1) is 8.09. The van der Waals surface area contributed by atoms with Crippen molar-refractivity contribution in [3.05, 3.63) is 24.0 Å². The van der Waals surface area contributed by atoms with Crippen molar-refractivity contribution < 1.29 is 9.90 Å². The molecule has 4 nitrogen and oxygen atoms in total. The number of aromatic carboxylic acids is 1. The molecule has 1 aliphatic rings. The number of carboxylic acids is 1. The second-order valence-electron chi connectivity index (χ2n) is 4.89. The molecular formula is C13H18N2O2. The molecule has 1 aliphatic heterocycles. The number of hydrogen-bond acceptors (Lipinski definition) is 3. The van der Waals surface area contributed by atoms with Crippen molar-refractivity contribution in [2.45, 2.75) is 20.3 Å². The van der Waals surface area contributed by atoms with Crippen molar-refractivity contribution in [2.75, 3.05) is 18.0 Å². The fourth-order valence-electron chi connectivity index (χ4n) is 2.30. The number of hydrogen-bond donors (Lipinski definition) is 1. The van der Waals surface area contributed by atoms with E-state index < -0.39 is 5.97 Å². The van der Waals surface area contributed by atoms with Gasteiger partial charge in [-0.1, -0.05) is 13.8 Å². The third-order valence-corrected chi connectivity index (χ3v) is 3.71. The van der Waals surface area contributed by atoms with E-state index in [1.54, 1.807) is 12.3 Å². The average molecular weight is 234 g/mol. The number of nitrogens with zero attached hydrogens (tertiary/aromatic N) is 2. The van der Waals surface area contributed by atoms with Crippen LogP contribution in [0.3, 0.4) is 0 Å². The molecule has 0 radical (unpaired) electrons. The van der Waals surface area contributed by atoms with Crippen LogP contribution in [0, 0.1) is 11.8 Å². The molecule has 2 atom stereocenters. The number of rotatable bonds is 2. The largest absolute Gasteiger partial charge is 0.478 e. The normalized spacial score (nSPS) is 24.7. The molecule has 0 spiro atoms. The molecule has 0 bridgehead atoms. The first kappa shape index (κ1) is 11.9. The smallest absolute Gasteiger partial charge is 0.337 e. The van der Waals surface area contributed by atoms with Gasteiger partial charge >= 0.3 is 5.97 Å². The van der Waals surface area contributed by atoms with Crippen molar-refractivity contribution in [3.8, 4) is 0 Å². The molecule has 2 rings (SSSR count). The Morgan fingerprint density at radius 3 is 2.88 bits per heavy atom. The highest BCUT2D eigenvalue weighted by atomic mass is 16.4. The Balaban J connectivity index is 2.25. The molecular weight excluding hydrogens is 216 g/mol. The first-order valence-electron chi connectivity index (χ1n) is 6.02. The molecule has 0 amide bonds. The predicted molar refractivity (Wildman–Crippen MR) is 66.4 cm³/mol. The molecule has 17 heavy (non-hydrogen) atoms. The van der Waals surface area contributed by atoms with Crippen LogP contribution in [0.15, 0.2) is 18.5 Å². The van der Waals surface area contributed by atoms with Crippen LogP contribution in [0.25, 0.3) is 0 Å². The van der Waals surface area contributed by atoms with Gasteiger partial charge in [0.25, 0.3) is 0 Å². The number of pyridine rings is 1. The topological polar surface area (TPSA) is 53.4 Å². The summed E-state index contributed by atoms with van der Waals surface area (Å²) in [4.78, 5) is 17.3. The maximum Gasteiger partial charge on any atom is 0.337 e. The third kappa shape index (κ3) is 2.40. The number of carboxylic acid groups (broad SMARTS) is 1. The summed E-state index contributed by atoms with van der Waals surface area (Å²) in [5.41, 5.74) is 1.10. The molecule has 1 fully saturated rings. The van der Waals surface area contributed by atoms with Crippen molar-refractivity contribution in [2.24, 2.45) is 11.8 Å². The maximum atomic E-state index is 11.2. The number of piperidine rings is 1. The van der Waals surface area contributed by atoms with Crippen LogP contribution in [0.4, 0.5) is 5.69 Å². The van der Waals surface area contributed by atoms with Crippen LogP contribution in [0.5, 0.6) is 0 Å². The van der Waals surface area contributed by atoms with Crippen LogP contribution in [-0.4, -0.2) is 29.1 Å². The van der Waals surface area contributed by atoms with Crippen LogP contribution < -0.4 is 4.90 Å². The Kier molecular flexibility index (Phi) is 3.31. The minimum Gasteiger partial charge on any atom is -0.478 e. The monoisotopic (exact) mass is 234 g/mol. The minimum absolute atomic E-state index is 0.349. The molecule has 4 heteroatoms. The van der Waals surface area contributed by atoms with Gasteiger partial charge < -0.3 is 10.0 Å². The highest BCUT2D eigenvalue weighted by Gasteiger charge is 2.25. The second kappa shape index (κ2) is 4.73. The van der Waals surface area contributed by atoms with E-state index in [-0.39, 0.29) is 0 Å². The van der Waals surface area contributed by atoms with Gasteiger partial charge in [0.15, 0.2) is 0 Å². The molecule has 2 unspecified atom stereocenters. The molecule has 1 aromatic heterocycles. The van der Waals surface area contributed by atoms with Gasteiger partial charge in [0, 0.05) is 19.3 Å². The maximum absolute atomic E-state index is 11.2. The van der Waals surface area contributed by atoms with Gasteiger partial charge in [-0.25, -0.2) is 4.79 Å². The van der Waals surface area contributed by atoms with E-state index in [9.17, 15) is 4.79 Å². The van der Waals surface area contributed by atoms with Crippen molar-refractivity contribution >= 4 is 11.7 Å². The molecule has 92 valence electrons. The number of carbonyl (C=O) groups is 1. The molecule has 0 saturated carbocycles. The molecule has 0 aliphatic carbocycles. The van der Waals surface area contributed by atoms with Crippen molar-refractivity contribution in [3.63, 3.8) is 0 Å². The van der Waals surface area contributed by atoms with Crippen LogP contribution in [-0.2, 0) is 0 Å². The lowest BCUT2D eigenvalue weighted by atomic mass is 9.88. The molecule has 1 aromatic rings. The highest BCUT2D eigenvalue weighted by Crippen LogP contribution is 2.28. The highest BCUT2D eigenvalue weighted by molar-refractivity contribution is 5.94. The van der Waals surface area contributed by atoms with Gasteiger partial charge in [0.1, 0.15) is 0 Å². The minimum atomic E-state index is -0.881. The fourth-order valence-corrected chi connectivity index (χ4v) is 2.30. The summed E-state index contributed by atoms with van der Waals surface area (Å²) in [7, 11) is 0. The van der Waals surface area contributed by atoms with Crippen LogP contribution in [0.1, 0.15) is 30.6 Å². The first-order valence-corrected chi connectivity index (χ1v) is 6.02. The Labute approximate surface area is 101 Å². The SMILES string of the molecule is CC1CCN(c2cnccc2C(=O)O)CC1C. The number of anilines is 1. The summed E-state index contributed by atoms with van der Waals surface area (Å²) in [6.07, 6.45) is 4.30. The van der Waals surface area contributed by atoms with E-state index >= 15 is 0 Å². The zero-order chi connectivity index (χ0) is 12.4. The Hall–Kier alpha value is -1.58. The average Bonchev–Trinajstić information content (AvgIpc) is 2.32. The van der Waals surface area contributed by atoms with E-state index in [1.165, 1.54) is 6.20 Å². The van der Waals surface area contributed by atoms with Crippen LogP contribution in [0.2, 0.25) is 0 Å². The van der Waals surface area contributed by atoms with Gasteiger partial charge in [-0.2, -0.15) is 0 Å². The number of aromatic nitrogens is 1. The molecule has 1 N–H and O–H groups in total. The van der Waals surface area contributed by atoms with Gasteiger partial charge in [0.2, 0.25) is 0 Å². The van der Waals surface area contributed by atoms with Gasteiger partial charge in [-0.3, -0.25) is 4.98 Å². The summed E-state index contributed by atoms with van der Waals surface area (Å²) in [6.45, 7) is 6.29. The fraction of sp³-hybridized carbons (Fsp3) is 0.538. The lowest BCUT2D eigenvalue weighted by molar-refractivity contribution is 0.0697. The summed E-state index contributed by atoms with van der Waals surface area (Å²) in [6, 6.07) is 1.57. The van der Waals surface area contributed by atoms with E-state index in [0.717, 1.165) is 25.2 Å². The zero-order valence-electron chi connectivity index (χ0n) is 10.3. The molecule has 1 saturated heterocycles. The van der Waals surface area contributed by atoms with Crippen molar-refractivity contribution in [1.82, 2.24) is 4.98 Å². The van der Waals surface area contributed by atoms with E-state index in [1.807, 2.05) is 0 Å². The quantitative estimate of drug-likeness (QED) is 0.852. The van der Waals surface area contributed by atoms with Gasteiger partial charge in [-0.05, 0) is 24.3 Å². The summed E-state index contributed by atoms with van der Waals surface area (Å²) >= 11 is 0. The molecule has 2 heterocycles. The summed E-state index contributed by atoms with van der Waals surface area (Å²) in [5, 5.41) is 9.16. The third-order valence-electron chi connectivity index (χ3n) is 3.71. The lowest BCUT2D eigenvalue weighted by Gasteiger charge is -2.37. The van der Waals surface area contributed by atoms with Gasteiger partial charge in [0.05, 0.1) is 17.4 Å². The Morgan fingerprint density at radius 1 is 1.47 bits per heavy atom. The zero-order valence-corrected chi connectivity index (χ0v) is 10.3. The van der Waals surface area contributed by atoms with E-state index in [4.69, 9.17) is 5.11 Å². The summed E-state index contributed by atoms with van der Waals surface area (Å²) in [5.74, 6) is 0.412. The second-order valence-corrected chi connectivity index (χ2v) is 4.89. The van der Waals surface area contributed by atoms with Crippen LogP contribution >= 0.6 is 0 Å². The van der Waals surface area contributed by atoms with E-state index in [0.29, 0.717) is 17.4 Å². The lowest BCUT2D eigenvalue weighted by Crippen LogP contribution is -2.39. The molecule has 0 aromatic carbocycles. The van der Waals surface area contributed by atoms with E-state index in [2.05, 4.69) is 23.7 Å². The Bertz CT molecular complexity index is 420. The standard InChI is InChI=1S/C13H18N2O2/c1-9-4-6-15(8-10(9)2)12-7-14-5-3-11(12)13(16)17/h3,5,7,9-10H,4,6,8H2,1-2H3,(H,16,17).